The summed E-state index contributed by atoms with van der Waals surface area (Å²) in [5.74, 6) is -0.386. The van der Waals surface area contributed by atoms with E-state index in [1.165, 1.54) is 0 Å². The molecule has 0 fully saturated rings. The fraction of sp³-hybridized carbons (Fsp3) is 0.200. The number of hydrogen-bond donors (Lipinski definition) is 4. The topological polar surface area (TPSA) is 130 Å². The van der Waals surface area contributed by atoms with Crippen LogP contribution in [0.2, 0.25) is 5.02 Å². The zero-order chi connectivity index (χ0) is 24.5. The molecular weight excluding hydrogens is 454 g/mol. The van der Waals surface area contributed by atoms with E-state index in [0.29, 0.717) is 34.0 Å². The number of nitrogens with two attached hydrogens (primary N) is 1. The molecule has 0 saturated carbocycles. The van der Waals surface area contributed by atoms with Crippen LogP contribution >= 0.6 is 11.6 Å². The van der Waals surface area contributed by atoms with Crippen LogP contribution in [-0.4, -0.2) is 29.2 Å². The number of amidine groups is 1. The molecule has 0 aliphatic heterocycles. The number of nitrogen functional groups attached to an aromatic ring is 1. The van der Waals surface area contributed by atoms with Crippen LogP contribution in [-0.2, 0) is 24.3 Å². The summed E-state index contributed by atoms with van der Waals surface area (Å²) in [5.41, 5.74) is 8.97. The van der Waals surface area contributed by atoms with Crippen molar-refractivity contribution in [2.75, 3.05) is 6.61 Å². The number of hydrogen-bond acceptors (Lipinski definition) is 5. The number of carbonyl (C=O) groups excluding carboxylic acids is 2. The van der Waals surface area contributed by atoms with Gasteiger partial charge in [-0.1, -0.05) is 36.7 Å². The van der Waals surface area contributed by atoms with Gasteiger partial charge in [-0.25, -0.2) is 0 Å². The summed E-state index contributed by atoms with van der Waals surface area (Å²) in [4.78, 5) is 28.9. The van der Waals surface area contributed by atoms with E-state index in [1.807, 2.05) is 19.1 Å². The molecule has 3 rings (SSSR count). The molecule has 0 atom stereocenters. The lowest BCUT2D eigenvalue weighted by Gasteiger charge is -2.14. The Labute approximate surface area is 203 Å². The van der Waals surface area contributed by atoms with Crippen LogP contribution in [0.4, 0.5) is 0 Å². The van der Waals surface area contributed by atoms with Crippen LogP contribution in [0.3, 0.4) is 0 Å². The lowest BCUT2D eigenvalue weighted by atomic mass is 10.1. The average molecular weight is 480 g/mol. The molecule has 2 aromatic carbocycles. The zero-order valence-electron chi connectivity index (χ0n) is 18.7. The Kier molecular flexibility index (Phi) is 8.59. The van der Waals surface area contributed by atoms with Crippen molar-refractivity contribution in [3.8, 4) is 5.75 Å². The fourth-order valence-corrected chi connectivity index (χ4v) is 3.42. The first kappa shape index (κ1) is 24.7. The van der Waals surface area contributed by atoms with Crippen molar-refractivity contribution in [3.63, 3.8) is 0 Å². The summed E-state index contributed by atoms with van der Waals surface area (Å²) in [6.45, 7) is 2.22. The molecule has 9 heteroatoms. The minimum absolute atomic E-state index is 0.132. The van der Waals surface area contributed by atoms with Crippen molar-refractivity contribution >= 4 is 29.3 Å². The molecule has 1 heterocycles. The smallest absolute Gasteiger partial charge is 0.258 e. The molecular formula is C25H26ClN5O3. The van der Waals surface area contributed by atoms with Gasteiger partial charge in [-0.15, -0.1) is 0 Å². The number of rotatable bonds is 10. The Balaban J connectivity index is 1.66. The molecule has 3 aromatic rings. The van der Waals surface area contributed by atoms with Gasteiger partial charge in [-0.3, -0.25) is 20.0 Å². The predicted octanol–water partition coefficient (Wildman–Crippen LogP) is 3.21. The molecule has 2 amide bonds. The van der Waals surface area contributed by atoms with Crippen LogP contribution in [0.1, 0.15) is 39.5 Å². The zero-order valence-corrected chi connectivity index (χ0v) is 19.5. The number of carbonyl (C=O) groups is 2. The lowest BCUT2D eigenvalue weighted by Crippen LogP contribution is -2.29. The Morgan fingerprint density at radius 1 is 1.06 bits per heavy atom. The normalized spacial score (nSPS) is 10.4. The van der Waals surface area contributed by atoms with Gasteiger partial charge in [0.25, 0.3) is 11.8 Å². The number of nitrogens with one attached hydrogen (secondary N) is 3. The molecule has 1 aromatic heterocycles. The molecule has 0 saturated heterocycles. The van der Waals surface area contributed by atoms with Crippen molar-refractivity contribution in [3.05, 3.63) is 93.8 Å². The highest BCUT2D eigenvalue weighted by atomic mass is 35.5. The number of aromatic nitrogens is 1. The van der Waals surface area contributed by atoms with E-state index in [2.05, 4.69) is 15.6 Å². The van der Waals surface area contributed by atoms with Gasteiger partial charge in [-0.05, 0) is 47.9 Å². The molecule has 176 valence electrons. The molecule has 0 spiro atoms. The summed E-state index contributed by atoms with van der Waals surface area (Å²) < 4.78 is 5.72. The number of nitrogens with zero attached hydrogens (tertiary/aromatic N) is 1. The SMILES string of the molecule is CCc1cc(Cl)cc(C(=O)NCc2ccc(C(=N)N)cc2OCC(=O)NCc2cccnc2)c1. The highest BCUT2D eigenvalue weighted by Crippen LogP contribution is 2.21. The van der Waals surface area contributed by atoms with Gasteiger partial charge in [0.2, 0.25) is 0 Å². The van der Waals surface area contributed by atoms with Gasteiger partial charge in [-0.2, -0.15) is 0 Å². The van der Waals surface area contributed by atoms with Crippen LogP contribution < -0.4 is 21.1 Å². The van der Waals surface area contributed by atoms with E-state index in [-0.39, 0.29) is 30.8 Å². The maximum Gasteiger partial charge on any atom is 0.258 e. The highest BCUT2D eigenvalue weighted by molar-refractivity contribution is 6.31. The largest absolute Gasteiger partial charge is 0.483 e. The van der Waals surface area contributed by atoms with E-state index >= 15 is 0 Å². The lowest BCUT2D eigenvalue weighted by molar-refractivity contribution is -0.123. The second kappa shape index (κ2) is 11.8. The third-order valence-electron chi connectivity index (χ3n) is 5.02. The van der Waals surface area contributed by atoms with Crippen molar-refractivity contribution in [1.82, 2.24) is 15.6 Å². The summed E-state index contributed by atoms with van der Waals surface area (Å²) in [6, 6.07) is 13.8. The number of ether oxygens (including phenoxy) is 1. The number of benzene rings is 2. The van der Waals surface area contributed by atoms with E-state index in [1.54, 1.807) is 48.8 Å². The average Bonchev–Trinajstić information content (AvgIpc) is 2.85. The van der Waals surface area contributed by atoms with Gasteiger partial charge in [0.1, 0.15) is 11.6 Å². The monoisotopic (exact) mass is 479 g/mol. The van der Waals surface area contributed by atoms with Gasteiger partial charge < -0.3 is 21.1 Å². The van der Waals surface area contributed by atoms with Gasteiger partial charge in [0.15, 0.2) is 6.61 Å². The van der Waals surface area contributed by atoms with E-state index < -0.39 is 0 Å². The molecule has 0 radical (unpaired) electrons. The van der Waals surface area contributed by atoms with Crippen LogP contribution in [0, 0.1) is 5.41 Å². The van der Waals surface area contributed by atoms with Crippen molar-refractivity contribution in [1.29, 1.82) is 5.41 Å². The molecule has 5 N–H and O–H groups in total. The van der Waals surface area contributed by atoms with Crippen molar-refractivity contribution < 1.29 is 14.3 Å². The summed E-state index contributed by atoms with van der Waals surface area (Å²) in [7, 11) is 0. The maximum atomic E-state index is 12.7. The van der Waals surface area contributed by atoms with E-state index in [9.17, 15) is 9.59 Å². The maximum absolute atomic E-state index is 12.7. The van der Waals surface area contributed by atoms with Crippen LogP contribution in [0.15, 0.2) is 60.9 Å². The van der Waals surface area contributed by atoms with Crippen molar-refractivity contribution in [2.45, 2.75) is 26.4 Å². The Morgan fingerprint density at radius 2 is 1.88 bits per heavy atom. The fourth-order valence-electron chi connectivity index (χ4n) is 3.16. The predicted molar refractivity (Wildman–Crippen MR) is 131 cm³/mol. The molecule has 0 bridgehead atoms. The molecule has 0 unspecified atom stereocenters. The molecule has 8 nitrogen and oxygen atoms in total. The molecule has 34 heavy (non-hydrogen) atoms. The third-order valence-corrected chi connectivity index (χ3v) is 5.24. The van der Waals surface area contributed by atoms with Crippen LogP contribution in [0.25, 0.3) is 0 Å². The Hall–Kier alpha value is -3.91. The Morgan fingerprint density at radius 3 is 2.59 bits per heavy atom. The number of pyridine rings is 1. The van der Waals surface area contributed by atoms with Crippen molar-refractivity contribution in [2.24, 2.45) is 5.73 Å². The quantitative estimate of drug-likeness (QED) is 0.262. The van der Waals surface area contributed by atoms with Crippen LogP contribution in [0.5, 0.6) is 5.75 Å². The number of aryl methyl sites for hydroxylation is 1. The summed E-state index contributed by atoms with van der Waals surface area (Å²) >= 11 is 6.12. The van der Waals surface area contributed by atoms with E-state index in [4.69, 9.17) is 27.5 Å². The molecule has 0 aliphatic rings. The third kappa shape index (κ3) is 7.05. The summed E-state index contributed by atoms with van der Waals surface area (Å²) in [5, 5.41) is 13.8. The molecule has 0 aliphatic carbocycles. The van der Waals surface area contributed by atoms with Gasteiger partial charge in [0, 0.05) is 47.2 Å². The Bertz CT molecular complexity index is 1180. The first-order valence-corrected chi connectivity index (χ1v) is 11.1. The second-order valence-corrected chi connectivity index (χ2v) is 7.98. The minimum atomic E-state index is -0.321. The highest BCUT2D eigenvalue weighted by Gasteiger charge is 2.13. The number of amides is 2. The van der Waals surface area contributed by atoms with Gasteiger partial charge in [0.05, 0.1) is 0 Å². The second-order valence-electron chi connectivity index (χ2n) is 7.55. The van der Waals surface area contributed by atoms with E-state index in [0.717, 1.165) is 17.5 Å². The van der Waals surface area contributed by atoms with Gasteiger partial charge >= 0.3 is 0 Å². The first-order valence-electron chi connectivity index (χ1n) is 10.7. The summed E-state index contributed by atoms with van der Waals surface area (Å²) in [6.07, 6.45) is 4.08. The first-order chi connectivity index (χ1) is 16.4. The standard InChI is InChI=1S/C25H26ClN5O3/c1-2-16-8-20(10-21(26)9-16)25(33)31-14-19-6-5-18(24(27)28)11-22(19)34-15-23(32)30-13-17-4-3-7-29-12-17/h3-12H,2,13-15H2,1H3,(H3,27,28)(H,30,32)(H,31,33). The minimum Gasteiger partial charge on any atom is -0.483 e. The number of halogens is 1.